The van der Waals surface area contributed by atoms with Crippen LogP contribution in [0.15, 0.2) is 28.1 Å². The quantitative estimate of drug-likeness (QED) is 0.155. The maximum absolute atomic E-state index is 5.49. The fraction of sp³-hybridized carbons (Fsp3) is 0.773. The van der Waals surface area contributed by atoms with E-state index in [9.17, 15) is 0 Å². The Balaban J connectivity index is 3.23. The molecular formula is C22H39N3O3S. The van der Waals surface area contributed by atoms with Crippen molar-refractivity contribution in [2.75, 3.05) is 25.6 Å². The maximum atomic E-state index is 5.49. The maximum Gasteiger partial charge on any atom is 0.135 e. The van der Waals surface area contributed by atoms with Gasteiger partial charge >= 0.3 is 0 Å². The van der Waals surface area contributed by atoms with Gasteiger partial charge in [0.1, 0.15) is 19.8 Å². The zero-order chi connectivity index (χ0) is 21.5. The Morgan fingerprint density at radius 3 is 2.21 bits per heavy atom. The minimum absolute atomic E-state index is 0.122. The van der Waals surface area contributed by atoms with Crippen molar-refractivity contribution in [3.63, 3.8) is 0 Å². The van der Waals surface area contributed by atoms with Gasteiger partial charge in [-0.25, -0.2) is 0 Å². The molecule has 1 aliphatic rings. The molecule has 7 heteroatoms. The number of thioether (sulfide) groups is 1. The SMILES string of the molecule is C=CCO/N=C(/CCC)C1/C(=N\OCC)CC(C[C@@H](C)SCC)C/C1=N\OCC. The first kappa shape index (κ1) is 25.5. The van der Waals surface area contributed by atoms with Crippen LogP contribution in [0.25, 0.3) is 0 Å². The predicted molar refractivity (Wildman–Crippen MR) is 125 cm³/mol. The second-order valence-corrected chi connectivity index (χ2v) is 8.84. The Morgan fingerprint density at radius 1 is 1.10 bits per heavy atom. The highest BCUT2D eigenvalue weighted by atomic mass is 32.2. The molecule has 0 N–H and O–H groups in total. The van der Waals surface area contributed by atoms with Gasteiger partial charge in [-0.15, -0.1) is 0 Å². The molecule has 0 bridgehead atoms. The summed E-state index contributed by atoms with van der Waals surface area (Å²) in [6.07, 6.45) is 6.36. The van der Waals surface area contributed by atoms with Crippen LogP contribution in [0.4, 0.5) is 0 Å². The van der Waals surface area contributed by atoms with Crippen molar-refractivity contribution in [3.05, 3.63) is 12.7 Å². The Labute approximate surface area is 181 Å². The zero-order valence-corrected chi connectivity index (χ0v) is 19.7. The highest BCUT2D eigenvalue weighted by molar-refractivity contribution is 7.99. The van der Waals surface area contributed by atoms with Crippen LogP contribution < -0.4 is 0 Å². The van der Waals surface area contributed by atoms with Gasteiger partial charge < -0.3 is 14.5 Å². The standard InChI is InChI=1S/C22H39N3O3S/c1-7-12-19(23-28-13-8-2)22-20(24-26-9-3)15-18(14-17(6)29-11-5)16-21(22)25-27-10-4/h8,17-18,22H,2,7,9-16H2,1,3-6H3/b23-19-,24-20-,25-21+/t17-,18?,22?/m1/s1. The van der Waals surface area contributed by atoms with Crippen LogP contribution in [0.2, 0.25) is 0 Å². The third-order valence-corrected chi connectivity index (χ3v) is 5.71. The average Bonchev–Trinajstić information content (AvgIpc) is 2.70. The minimum Gasteiger partial charge on any atom is -0.396 e. The lowest BCUT2D eigenvalue weighted by Gasteiger charge is -2.32. The van der Waals surface area contributed by atoms with Crippen LogP contribution in [-0.4, -0.2) is 48.0 Å². The summed E-state index contributed by atoms with van der Waals surface area (Å²) >= 11 is 2.00. The van der Waals surface area contributed by atoms with E-state index in [4.69, 9.17) is 14.5 Å². The average molecular weight is 426 g/mol. The van der Waals surface area contributed by atoms with E-state index in [1.165, 1.54) is 0 Å². The topological polar surface area (TPSA) is 64.8 Å². The van der Waals surface area contributed by atoms with E-state index in [0.29, 0.717) is 31.0 Å². The number of oxime groups is 3. The molecule has 0 amide bonds. The number of hydrogen-bond donors (Lipinski definition) is 0. The molecule has 0 aromatic rings. The Kier molecular flexibility index (Phi) is 13.5. The molecule has 0 saturated heterocycles. The summed E-state index contributed by atoms with van der Waals surface area (Å²) < 4.78 is 0. The zero-order valence-electron chi connectivity index (χ0n) is 18.9. The number of rotatable bonds is 14. The van der Waals surface area contributed by atoms with Crippen LogP contribution in [0, 0.1) is 11.8 Å². The van der Waals surface area contributed by atoms with E-state index in [2.05, 4.69) is 42.8 Å². The summed E-state index contributed by atoms with van der Waals surface area (Å²) in [7, 11) is 0. The molecule has 1 saturated carbocycles. The van der Waals surface area contributed by atoms with E-state index in [1.54, 1.807) is 6.08 Å². The smallest absolute Gasteiger partial charge is 0.135 e. The summed E-state index contributed by atoms with van der Waals surface area (Å²) in [5.74, 6) is 1.48. The van der Waals surface area contributed by atoms with Gasteiger partial charge in [-0.05, 0) is 51.2 Å². The molecule has 1 aliphatic carbocycles. The normalized spacial score (nSPS) is 23.8. The van der Waals surface area contributed by atoms with Gasteiger partial charge in [-0.2, -0.15) is 11.8 Å². The van der Waals surface area contributed by atoms with Crippen molar-refractivity contribution in [1.29, 1.82) is 0 Å². The molecule has 1 rings (SSSR count). The summed E-state index contributed by atoms with van der Waals surface area (Å²) in [4.78, 5) is 16.4. The molecular weight excluding hydrogens is 386 g/mol. The van der Waals surface area contributed by atoms with Gasteiger partial charge in [-0.3, -0.25) is 0 Å². The third-order valence-electron chi connectivity index (χ3n) is 4.61. The van der Waals surface area contributed by atoms with Crippen LogP contribution >= 0.6 is 11.8 Å². The molecule has 0 heterocycles. The second kappa shape index (κ2) is 15.4. The van der Waals surface area contributed by atoms with Crippen molar-refractivity contribution in [1.82, 2.24) is 0 Å². The molecule has 0 aromatic heterocycles. The lowest BCUT2D eigenvalue weighted by Crippen LogP contribution is -2.40. The van der Waals surface area contributed by atoms with E-state index in [1.807, 2.05) is 25.6 Å². The Hall–Kier alpha value is -1.50. The van der Waals surface area contributed by atoms with Crippen LogP contribution in [0.3, 0.4) is 0 Å². The van der Waals surface area contributed by atoms with E-state index in [0.717, 1.165) is 55.0 Å². The highest BCUT2D eigenvalue weighted by Gasteiger charge is 2.37. The molecule has 6 nitrogen and oxygen atoms in total. The number of hydrogen-bond acceptors (Lipinski definition) is 7. The van der Waals surface area contributed by atoms with Gasteiger partial charge in [0.15, 0.2) is 0 Å². The highest BCUT2D eigenvalue weighted by Crippen LogP contribution is 2.33. The van der Waals surface area contributed by atoms with Crippen molar-refractivity contribution in [2.45, 2.75) is 72.0 Å². The Morgan fingerprint density at radius 2 is 1.72 bits per heavy atom. The molecule has 2 unspecified atom stereocenters. The Bertz CT molecular complexity index is 538. The monoisotopic (exact) mass is 425 g/mol. The molecule has 166 valence electrons. The van der Waals surface area contributed by atoms with E-state index in [-0.39, 0.29) is 5.92 Å². The van der Waals surface area contributed by atoms with Gasteiger partial charge in [0, 0.05) is 5.25 Å². The first-order valence-corrected chi connectivity index (χ1v) is 11.9. The fourth-order valence-corrected chi connectivity index (χ4v) is 4.59. The molecule has 0 aliphatic heterocycles. The first-order valence-electron chi connectivity index (χ1n) is 10.9. The van der Waals surface area contributed by atoms with Crippen LogP contribution in [-0.2, 0) is 14.5 Å². The van der Waals surface area contributed by atoms with Gasteiger partial charge in [0.05, 0.1) is 23.1 Å². The van der Waals surface area contributed by atoms with E-state index >= 15 is 0 Å². The lowest BCUT2D eigenvalue weighted by atomic mass is 9.74. The van der Waals surface area contributed by atoms with Crippen molar-refractivity contribution >= 4 is 28.9 Å². The molecule has 3 atom stereocenters. The lowest BCUT2D eigenvalue weighted by molar-refractivity contribution is 0.152. The summed E-state index contributed by atoms with van der Waals surface area (Å²) in [6.45, 7) is 15.7. The molecule has 1 fully saturated rings. The van der Waals surface area contributed by atoms with Gasteiger partial charge in [0.25, 0.3) is 0 Å². The van der Waals surface area contributed by atoms with Gasteiger partial charge in [-0.1, -0.05) is 55.3 Å². The second-order valence-electron chi connectivity index (χ2n) is 7.13. The third kappa shape index (κ3) is 9.24. The van der Waals surface area contributed by atoms with Crippen molar-refractivity contribution in [2.24, 2.45) is 27.3 Å². The minimum atomic E-state index is -0.122. The van der Waals surface area contributed by atoms with Gasteiger partial charge in [0.2, 0.25) is 0 Å². The van der Waals surface area contributed by atoms with Crippen LogP contribution in [0.1, 0.15) is 66.7 Å². The molecule has 0 spiro atoms. The predicted octanol–water partition coefficient (Wildman–Crippen LogP) is 5.69. The summed E-state index contributed by atoms with van der Waals surface area (Å²) in [5.41, 5.74) is 2.88. The number of nitrogens with zero attached hydrogens (tertiary/aromatic N) is 3. The summed E-state index contributed by atoms with van der Waals surface area (Å²) in [6, 6.07) is 0. The molecule has 0 radical (unpaired) electrons. The fourth-order valence-electron chi connectivity index (χ4n) is 3.61. The van der Waals surface area contributed by atoms with E-state index < -0.39 is 0 Å². The molecule has 29 heavy (non-hydrogen) atoms. The van der Waals surface area contributed by atoms with Crippen LogP contribution in [0.5, 0.6) is 0 Å². The summed E-state index contributed by atoms with van der Waals surface area (Å²) in [5, 5.41) is 14.0. The first-order chi connectivity index (χ1) is 14.1. The van der Waals surface area contributed by atoms with Crippen molar-refractivity contribution < 1.29 is 14.5 Å². The van der Waals surface area contributed by atoms with Crippen molar-refractivity contribution in [3.8, 4) is 0 Å². The molecule has 0 aromatic carbocycles. The largest absolute Gasteiger partial charge is 0.396 e.